The zero-order valence-corrected chi connectivity index (χ0v) is 48.9. The molecule has 8 fully saturated rings. The highest BCUT2D eigenvalue weighted by atomic mass is 32.3. The van der Waals surface area contributed by atoms with Gasteiger partial charge in [-0.2, -0.15) is 8.42 Å². The molecule has 9 rings (SSSR count). The minimum Gasteiger partial charge on any atom is -0.462 e. The van der Waals surface area contributed by atoms with E-state index in [9.17, 15) is 58.3 Å². The monoisotopic (exact) mass is 1180 g/mol. The lowest BCUT2D eigenvalue weighted by Gasteiger charge is -2.64. The number of methoxy groups -OCH3 is 1. The molecule has 5 heterocycles. The van der Waals surface area contributed by atoms with Gasteiger partial charge in [-0.05, 0) is 101 Å². The second-order valence-electron chi connectivity index (χ2n) is 26.0. The molecule has 3 saturated carbocycles. The van der Waals surface area contributed by atoms with E-state index in [1.807, 2.05) is 13.8 Å². The average molecular weight is 1180 g/mol. The van der Waals surface area contributed by atoms with Crippen LogP contribution in [0.4, 0.5) is 0 Å². The van der Waals surface area contributed by atoms with E-state index in [1.54, 1.807) is 13.8 Å². The first-order chi connectivity index (χ1) is 37.9. The molecule has 1 spiro atoms. The first kappa shape index (κ1) is 63.2. The number of esters is 2. The third kappa shape index (κ3) is 11.1. The summed E-state index contributed by atoms with van der Waals surface area (Å²) in [6, 6.07) is 0. The van der Waals surface area contributed by atoms with Crippen molar-refractivity contribution in [2.75, 3.05) is 26.9 Å². The van der Waals surface area contributed by atoms with E-state index in [-0.39, 0.29) is 29.1 Å². The van der Waals surface area contributed by atoms with Gasteiger partial charge in [0.2, 0.25) is 0 Å². The van der Waals surface area contributed by atoms with Crippen molar-refractivity contribution in [2.45, 2.75) is 242 Å². The maximum atomic E-state index is 14.7. The van der Waals surface area contributed by atoms with E-state index in [1.165, 1.54) is 19.6 Å². The fourth-order valence-corrected chi connectivity index (χ4v) is 17.0. The van der Waals surface area contributed by atoms with Crippen molar-refractivity contribution >= 4 is 22.3 Å². The van der Waals surface area contributed by atoms with Crippen LogP contribution in [0, 0.1) is 45.3 Å². The summed E-state index contributed by atoms with van der Waals surface area (Å²) in [6.07, 6.45) is -17.7. The summed E-state index contributed by atoms with van der Waals surface area (Å²) < 4.78 is 106. The van der Waals surface area contributed by atoms with Gasteiger partial charge in [0.1, 0.15) is 78.8 Å². The average Bonchev–Trinajstić information content (AvgIpc) is 2.79. The number of carbonyl (C=O) groups excluding carboxylic acids is 2. The van der Waals surface area contributed by atoms with Gasteiger partial charge >= 0.3 is 22.3 Å². The maximum Gasteiger partial charge on any atom is 0.397 e. The smallest absolute Gasteiger partial charge is 0.397 e. The first-order valence-corrected chi connectivity index (χ1v) is 30.0. The molecule has 4 aliphatic carbocycles. The summed E-state index contributed by atoms with van der Waals surface area (Å²) in [5, 5.41) is 77.2. The van der Waals surface area contributed by atoms with E-state index < -0.39 is 181 Å². The molecule has 81 heavy (non-hydrogen) atoms. The topological polar surface area (TPSA) is 341 Å². The Morgan fingerprint density at radius 3 is 2.11 bits per heavy atom. The van der Waals surface area contributed by atoms with Gasteiger partial charge < -0.3 is 87.9 Å². The fraction of sp³-hybridized carbons (Fsp3) is 0.893. The SMILES string of the molecule is C=C(C)CCC[C@]1(C)OC(=O)[C@]23CCC4C(=CCC5C(C)(C)[C@@H](O[C@@H]6OC[C@@H](OS(=O)(=O)O)[C@H](O)[C@H]6O[C@@H]6O[C@H](C)[C@@H](O[C@@H]7OC[C@@H](O)[C@H](O[C@@H]8O[C@H](CO)[C@@H](O)[C@H](OC)[C@H]8O)[C@H]7O)[C@H](O)[C@H]6C)CC[C@]45C)[C@]2(C)C[C@@H](OC(C)=O)[C@@H]31. The molecule has 0 amide bonds. The van der Waals surface area contributed by atoms with Crippen LogP contribution in [0.3, 0.4) is 0 Å². The number of carbonyl (C=O) groups is 2. The first-order valence-electron chi connectivity index (χ1n) is 28.7. The third-order valence-corrected chi connectivity index (χ3v) is 21.1. The standard InChI is InChI=1S/C56H88O24S/c1-25(2)13-12-18-55(10)46-32(73-28(5)58)21-54(9)30-14-15-35-52(6,7)36(17-19-53(35,8)29(30)16-20-56(46,54)51(65)79-55)75-50-45(39(62)34(24-71-50)80-81(66,67)68)78-47-26(3)37(60)42(27(4)72-47)76-48-40(63)43(31(59)23-70-48)77-49-41(64)44(69-11)38(61)33(22-57)74-49/h14,26-27,29,31-50,57,59-64H,1,12-13,15-24H2,2-11H3,(H,66,67,68)/t26-,27-,29?,31-,32-,33-,34-,35?,36+,37-,38-,39+,40-,41-,42-,43+,44+,45-,46-,47+,48+,49+,50+,53-,54+,55+,56-/m1/s1. The molecule has 5 aliphatic heterocycles. The summed E-state index contributed by atoms with van der Waals surface area (Å²) in [5.74, 6) is -1.84. The Morgan fingerprint density at radius 2 is 1.46 bits per heavy atom. The van der Waals surface area contributed by atoms with Crippen molar-refractivity contribution in [3.8, 4) is 0 Å². The van der Waals surface area contributed by atoms with Crippen molar-refractivity contribution in [2.24, 2.45) is 45.3 Å². The summed E-state index contributed by atoms with van der Waals surface area (Å²) in [7, 11) is -3.88. The van der Waals surface area contributed by atoms with Gasteiger partial charge in [0, 0.05) is 25.4 Å². The molecule has 0 aromatic heterocycles. The van der Waals surface area contributed by atoms with Gasteiger partial charge in [-0.15, -0.1) is 6.58 Å². The largest absolute Gasteiger partial charge is 0.462 e. The number of cyclic esters (lactones) is 1. The van der Waals surface area contributed by atoms with Crippen LogP contribution >= 0.6 is 0 Å². The van der Waals surface area contributed by atoms with Gasteiger partial charge in [0.25, 0.3) is 0 Å². The Kier molecular flexibility index (Phi) is 18.2. The van der Waals surface area contributed by atoms with E-state index in [4.69, 9.17) is 56.3 Å². The second-order valence-corrected chi connectivity index (χ2v) is 27.0. The number of allylic oxidation sites excluding steroid dienone is 3. The van der Waals surface area contributed by atoms with E-state index in [2.05, 4.69) is 40.3 Å². The molecule has 8 N–H and O–H groups in total. The highest BCUT2D eigenvalue weighted by Crippen LogP contribution is 2.77. The normalized spacial score (nSPS) is 49.6. The molecule has 27 atom stereocenters. The van der Waals surface area contributed by atoms with Gasteiger partial charge in [-0.25, -0.2) is 4.18 Å². The van der Waals surface area contributed by atoms with E-state index in [0.29, 0.717) is 38.5 Å². The summed E-state index contributed by atoms with van der Waals surface area (Å²) in [6.45, 7) is 19.7. The lowest BCUT2D eigenvalue weighted by Crippen LogP contribution is -2.64. The Balaban J connectivity index is 0.906. The molecular formula is C56H88O24S. The maximum absolute atomic E-state index is 14.7. The van der Waals surface area contributed by atoms with E-state index in [0.717, 1.165) is 24.8 Å². The molecule has 5 saturated heterocycles. The number of hydrogen-bond donors (Lipinski definition) is 8. The highest BCUT2D eigenvalue weighted by molar-refractivity contribution is 7.80. The lowest BCUT2D eigenvalue weighted by molar-refractivity contribution is -0.377. The molecule has 24 nitrogen and oxygen atoms in total. The van der Waals surface area contributed by atoms with Crippen molar-refractivity contribution in [1.29, 1.82) is 0 Å². The number of aliphatic hydroxyl groups is 7. The van der Waals surface area contributed by atoms with Crippen LogP contribution in [-0.2, 0) is 76.3 Å². The zero-order chi connectivity index (χ0) is 59.3. The predicted octanol–water partition coefficient (Wildman–Crippen LogP) is 1.90. The van der Waals surface area contributed by atoms with Gasteiger partial charge in [0.15, 0.2) is 25.2 Å². The second kappa shape index (κ2) is 23.4. The molecular weight excluding hydrogens is 1090 g/mol. The summed E-state index contributed by atoms with van der Waals surface area (Å²) >= 11 is 0. The fourth-order valence-electron chi connectivity index (χ4n) is 16.6. The number of hydrogen-bond acceptors (Lipinski definition) is 23. The summed E-state index contributed by atoms with van der Waals surface area (Å²) in [4.78, 5) is 27.4. The molecule has 25 heteroatoms. The van der Waals surface area contributed by atoms with Crippen LogP contribution < -0.4 is 0 Å². The van der Waals surface area contributed by atoms with Crippen molar-refractivity contribution < 1.29 is 115 Å². The van der Waals surface area contributed by atoms with Gasteiger partial charge in [-0.1, -0.05) is 51.8 Å². The number of aliphatic hydroxyl groups excluding tert-OH is 7. The van der Waals surface area contributed by atoms with Crippen LogP contribution in [0.25, 0.3) is 0 Å². The molecule has 2 unspecified atom stereocenters. The Labute approximate surface area is 473 Å². The molecule has 9 aliphatic rings. The van der Waals surface area contributed by atoms with E-state index >= 15 is 0 Å². The third-order valence-electron chi connectivity index (χ3n) is 20.6. The van der Waals surface area contributed by atoms with Crippen molar-refractivity contribution in [3.05, 3.63) is 23.8 Å². The van der Waals surface area contributed by atoms with Crippen LogP contribution in [0.2, 0.25) is 0 Å². The number of ether oxygens (including phenoxy) is 11. The van der Waals surface area contributed by atoms with Crippen LogP contribution in [0.5, 0.6) is 0 Å². The minimum atomic E-state index is -5.11. The molecule has 0 aromatic carbocycles. The van der Waals surface area contributed by atoms with Crippen molar-refractivity contribution in [3.63, 3.8) is 0 Å². The Hall–Kier alpha value is -2.35. The quantitative estimate of drug-likeness (QED) is 0.0586. The summed E-state index contributed by atoms with van der Waals surface area (Å²) in [5.41, 5.74) is -0.986. The molecule has 0 radical (unpaired) electrons. The van der Waals surface area contributed by atoms with Gasteiger partial charge in [-0.3, -0.25) is 14.1 Å². The Morgan fingerprint density at radius 1 is 0.790 bits per heavy atom. The van der Waals surface area contributed by atoms with Crippen LogP contribution in [-0.4, -0.2) is 210 Å². The highest BCUT2D eigenvalue weighted by Gasteiger charge is 2.79. The zero-order valence-electron chi connectivity index (χ0n) is 48.1. The van der Waals surface area contributed by atoms with Gasteiger partial charge in [0.05, 0.1) is 49.5 Å². The number of fused-ring (bicyclic) bond motifs is 4. The number of rotatable bonds is 17. The lowest BCUT2D eigenvalue weighted by atomic mass is 9.41. The molecule has 462 valence electrons. The van der Waals surface area contributed by atoms with Crippen LogP contribution in [0.1, 0.15) is 120 Å². The minimum absolute atomic E-state index is 0.0253. The molecule has 0 aromatic rings. The Bertz CT molecular complexity index is 2440. The molecule has 0 bridgehead atoms. The van der Waals surface area contributed by atoms with Crippen molar-refractivity contribution in [1.82, 2.24) is 0 Å². The predicted molar refractivity (Wildman–Crippen MR) is 279 cm³/mol. The van der Waals surface area contributed by atoms with Crippen LogP contribution in [0.15, 0.2) is 23.8 Å².